The molecule has 0 aliphatic heterocycles. The molecule has 0 unspecified atom stereocenters. The Morgan fingerprint density at radius 1 is 1.20 bits per heavy atom. The fourth-order valence-corrected chi connectivity index (χ4v) is 2.12. The summed E-state index contributed by atoms with van der Waals surface area (Å²) in [6, 6.07) is 0. The van der Waals surface area contributed by atoms with Gasteiger partial charge in [-0.15, -0.1) is 0 Å². The van der Waals surface area contributed by atoms with Crippen LogP contribution in [0.4, 0.5) is 0 Å². The van der Waals surface area contributed by atoms with Gasteiger partial charge in [0.25, 0.3) is 0 Å². The van der Waals surface area contributed by atoms with Gasteiger partial charge in [0, 0.05) is 18.3 Å². The van der Waals surface area contributed by atoms with Crippen LogP contribution in [0.25, 0.3) is 0 Å². The van der Waals surface area contributed by atoms with E-state index in [1.807, 2.05) is 0 Å². The minimum Gasteiger partial charge on any atom is -0.476 e. The van der Waals surface area contributed by atoms with E-state index in [0.717, 1.165) is 38.5 Å². The number of hydrogen-bond acceptors (Lipinski definition) is 3. The van der Waals surface area contributed by atoms with Gasteiger partial charge in [0.15, 0.2) is 0 Å². The Kier molecular flexibility index (Phi) is 6.98. The first-order valence-electron chi connectivity index (χ1n) is 7.44. The van der Waals surface area contributed by atoms with Crippen molar-refractivity contribution < 1.29 is 9.90 Å². The molecule has 1 aromatic heterocycles. The molecule has 5 nitrogen and oxygen atoms in total. The second-order valence-corrected chi connectivity index (χ2v) is 5.06. The van der Waals surface area contributed by atoms with Gasteiger partial charge in [-0.25, -0.2) is 4.79 Å². The number of aromatic nitrogens is 2. The summed E-state index contributed by atoms with van der Waals surface area (Å²) in [5.41, 5.74) is -0.210. The Morgan fingerprint density at radius 2 is 1.85 bits per heavy atom. The number of rotatable bonds is 9. The number of nitrogens with zero attached hydrogens (tertiary/aromatic N) is 2. The Labute approximate surface area is 119 Å². The maximum Gasteiger partial charge on any atom is 0.360 e. The average Bonchev–Trinajstić information content (AvgIpc) is 2.42. The van der Waals surface area contributed by atoms with Gasteiger partial charge in [-0.05, 0) is 19.3 Å². The van der Waals surface area contributed by atoms with E-state index in [1.54, 1.807) is 10.9 Å². The van der Waals surface area contributed by atoms with Gasteiger partial charge in [-0.1, -0.05) is 39.5 Å². The van der Waals surface area contributed by atoms with E-state index in [1.165, 1.54) is 0 Å². The topological polar surface area (TPSA) is 72.2 Å². The fraction of sp³-hybridized carbons (Fsp3) is 0.667. The van der Waals surface area contributed by atoms with Crippen molar-refractivity contribution in [2.75, 3.05) is 0 Å². The van der Waals surface area contributed by atoms with Crippen molar-refractivity contribution in [2.45, 2.75) is 65.3 Å². The summed E-state index contributed by atoms with van der Waals surface area (Å²) in [5, 5.41) is 13.0. The molecule has 1 heterocycles. The minimum atomic E-state index is -1.24. The molecule has 0 atom stereocenters. The Bertz CT molecular complexity index is 494. The van der Waals surface area contributed by atoms with E-state index in [2.05, 4.69) is 18.9 Å². The van der Waals surface area contributed by atoms with Gasteiger partial charge in [-0.3, -0.25) is 9.48 Å². The zero-order chi connectivity index (χ0) is 15.0. The quantitative estimate of drug-likeness (QED) is 0.706. The molecule has 1 N–H and O–H groups in total. The lowest BCUT2D eigenvalue weighted by atomic mass is 10.1. The molecule has 0 bridgehead atoms. The van der Waals surface area contributed by atoms with E-state index in [4.69, 9.17) is 5.11 Å². The average molecular weight is 280 g/mol. The highest BCUT2D eigenvalue weighted by molar-refractivity contribution is 5.85. The smallest absolute Gasteiger partial charge is 0.360 e. The SMILES string of the molecule is CCCCCc1cn(CCCCC)nc(C(=O)O)c1=O. The van der Waals surface area contributed by atoms with Crippen LogP contribution in [0.15, 0.2) is 11.0 Å². The maximum atomic E-state index is 12.0. The molecule has 1 rings (SSSR count). The first-order chi connectivity index (χ1) is 9.60. The highest BCUT2D eigenvalue weighted by atomic mass is 16.4. The molecule has 0 amide bonds. The lowest BCUT2D eigenvalue weighted by Crippen LogP contribution is -2.25. The predicted molar refractivity (Wildman–Crippen MR) is 78.2 cm³/mol. The molecular weight excluding hydrogens is 256 g/mol. The third-order valence-corrected chi connectivity index (χ3v) is 3.28. The summed E-state index contributed by atoms with van der Waals surface area (Å²) in [5.74, 6) is -1.24. The van der Waals surface area contributed by atoms with Crippen LogP contribution >= 0.6 is 0 Å². The van der Waals surface area contributed by atoms with Gasteiger partial charge in [-0.2, -0.15) is 5.10 Å². The molecule has 112 valence electrons. The number of aromatic carboxylic acids is 1. The lowest BCUT2D eigenvalue weighted by molar-refractivity contribution is 0.0685. The molecular formula is C15H24N2O3. The summed E-state index contributed by atoms with van der Waals surface area (Å²) in [6.07, 6.45) is 8.48. The van der Waals surface area contributed by atoms with Gasteiger partial charge in [0.2, 0.25) is 11.1 Å². The van der Waals surface area contributed by atoms with Gasteiger partial charge in [0.05, 0.1) is 0 Å². The molecule has 1 aromatic rings. The summed E-state index contributed by atoms with van der Waals surface area (Å²) < 4.78 is 1.61. The second-order valence-electron chi connectivity index (χ2n) is 5.06. The largest absolute Gasteiger partial charge is 0.476 e. The standard InChI is InChI=1S/C15H24N2O3/c1-3-5-7-9-12-11-17(10-8-6-4-2)16-13(14(12)18)15(19)20/h11H,3-10H2,1-2H3,(H,19,20). The van der Waals surface area contributed by atoms with Crippen molar-refractivity contribution in [2.24, 2.45) is 0 Å². The molecule has 5 heteroatoms. The van der Waals surface area contributed by atoms with Gasteiger partial charge >= 0.3 is 5.97 Å². The van der Waals surface area contributed by atoms with Crippen molar-refractivity contribution in [3.63, 3.8) is 0 Å². The highest BCUT2D eigenvalue weighted by Gasteiger charge is 2.15. The minimum absolute atomic E-state index is 0.351. The van der Waals surface area contributed by atoms with E-state index in [9.17, 15) is 9.59 Å². The Balaban J connectivity index is 2.95. The fourth-order valence-electron chi connectivity index (χ4n) is 2.12. The van der Waals surface area contributed by atoms with E-state index < -0.39 is 11.4 Å². The molecule has 0 radical (unpaired) electrons. The van der Waals surface area contributed by atoms with E-state index in [-0.39, 0.29) is 5.69 Å². The van der Waals surface area contributed by atoms with Crippen LogP contribution in [0.5, 0.6) is 0 Å². The molecule has 0 aromatic carbocycles. The number of carboxylic acid groups (broad SMARTS) is 1. The molecule has 0 aliphatic carbocycles. The first kappa shape index (κ1) is 16.4. The summed E-state index contributed by atoms with van der Waals surface area (Å²) >= 11 is 0. The van der Waals surface area contributed by atoms with Crippen LogP contribution in [0, 0.1) is 0 Å². The molecule has 0 fully saturated rings. The van der Waals surface area contributed by atoms with Crippen LogP contribution in [-0.4, -0.2) is 20.9 Å². The molecule has 0 saturated heterocycles. The molecule has 20 heavy (non-hydrogen) atoms. The Hall–Kier alpha value is -1.65. The van der Waals surface area contributed by atoms with Crippen molar-refractivity contribution >= 4 is 5.97 Å². The van der Waals surface area contributed by atoms with Crippen LogP contribution in [0.3, 0.4) is 0 Å². The number of unbranched alkanes of at least 4 members (excludes halogenated alkanes) is 4. The van der Waals surface area contributed by atoms with E-state index in [0.29, 0.717) is 18.5 Å². The Morgan fingerprint density at radius 3 is 2.45 bits per heavy atom. The van der Waals surface area contributed by atoms with Gasteiger partial charge in [0.1, 0.15) is 0 Å². The molecule has 0 spiro atoms. The third-order valence-electron chi connectivity index (χ3n) is 3.28. The number of carboxylic acids is 1. The van der Waals surface area contributed by atoms with Crippen LogP contribution in [-0.2, 0) is 13.0 Å². The summed E-state index contributed by atoms with van der Waals surface area (Å²) in [6.45, 7) is 4.87. The van der Waals surface area contributed by atoms with Crippen molar-refractivity contribution in [1.29, 1.82) is 0 Å². The van der Waals surface area contributed by atoms with Crippen LogP contribution in [0.2, 0.25) is 0 Å². The van der Waals surface area contributed by atoms with Gasteiger partial charge < -0.3 is 5.11 Å². The van der Waals surface area contributed by atoms with Crippen molar-refractivity contribution in [3.05, 3.63) is 27.7 Å². The summed E-state index contributed by atoms with van der Waals surface area (Å²) in [4.78, 5) is 23.1. The molecule has 0 saturated carbocycles. The zero-order valence-electron chi connectivity index (χ0n) is 12.4. The normalized spacial score (nSPS) is 10.7. The lowest BCUT2D eigenvalue weighted by Gasteiger charge is -2.09. The number of aryl methyl sites for hydroxylation is 2. The maximum absolute atomic E-state index is 12.0. The van der Waals surface area contributed by atoms with Crippen LogP contribution < -0.4 is 5.43 Å². The predicted octanol–water partition coefficient (Wildman–Crippen LogP) is 2.86. The third kappa shape index (κ3) is 4.79. The first-order valence-corrected chi connectivity index (χ1v) is 7.44. The number of carbonyl (C=O) groups is 1. The van der Waals surface area contributed by atoms with Crippen LogP contribution in [0.1, 0.15) is 68.4 Å². The molecule has 0 aliphatic rings. The zero-order valence-corrected chi connectivity index (χ0v) is 12.4. The van der Waals surface area contributed by atoms with Crippen molar-refractivity contribution in [3.8, 4) is 0 Å². The monoisotopic (exact) mass is 280 g/mol. The number of hydrogen-bond donors (Lipinski definition) is 1. The summed E-state index contributed by atoms with van der Waals surface area (Å²) in [7, 11) is 0. The second kappa shape index (κ2) is 8.51. The van der Waals surface area contributed by atoms with Crippen molar-refractivity contribution in [1.82, 2.24) is 9.78 Å². The van der Waals surface area contributed by atoms with E-state index >= 15 is 0 Å². The highest BCUT2D eigenvalue weighted by Crippen LogP contribution is 2.05.